The van der Waals surface area contributed by atoms with E-state index in [4.69, 9.17) is 9.84 Å². The van der Waals surface area contributed by atoms with E-state index in [0.29, 0.717) is 5.75 Å². The quantitative estimate of drug-likeness (QED) is 0.751. The van der Waals surface area contributed by atoms with E-state index < -0.39 is 30.3 Å². The summed E-state index contributed by atoms with van der Waals surface area (Å²) in [5.74, 6) is -2.12. The molecule has 1 aromatic rings. The SMILES string of the molecule is COC(=O)C[C@H](NC(=O)c1ccc(C)c(OC)c1)C(=O)O. The Morgan fingerprint density at radius 2 is 1.95 bits per heavy atom. The third kappa shape index (κ3) is 4.48. The minimum absolute atomic E-state index is 0.244. The monoisotopic (exact) mass is 295 g/mol. The summed E-state index contributed by atoms with van der Waals surface area (Å²) < 4.78 is 9.50. The lowest BCUT2D eigenvalue weighted by atomic mass is 10.1. The molecule has 1 amide bonds. The molecule has 0 fully saturated rings. The van der Waals surface area contributed by atoms with E-state index in [2.05, 4.69) is 10.1 Å². The van der Waals surface area contributed by atoms with Crippen LogP contribution in [0.15, 0.2) is 18.2 Å². The number of carboxylic acid groups (broad SMARTS) is 1. The smallest absolute Gasteiger partial charge is 0.326 e. The van der Waals surface area contributed by atoms with Crippen molar-refractivity contribution in [2.75, 3.05) is 14.2 Å². The number of hydrogen-bond acceptors (Lipinski definition) is 5. The van der Waals surface area contributed by atoms with Gasteiger partial charge >= 0.3 is 11.9 Å². The van der Waals surface area contributed by atoms with Crippen molar-refractivity contribution >= 4 is 17.8 Å². The molecule has 0 aromatic heterocycles. The highest BCUT2D eigenvalue weighted by Gasteiger charge is 2.24. The molecule has 1 aromatic carbocycles. The largest absolute Gasteiger partial charge is 0.496 e. The molecule has 0 aliphatic carbocycles. The molecule has 0 bridgehead atoms. The number of carbonyl (C=O) groups excluding carboxylic acids is 2. The van der Waals surface area contributed by atoms with Gasteiger partial charge in [0.25, 0.3) is 5.91 Å². The molecule has 7 nitrogen and oxygen atoms in total. The Balaban J connectivity index is 2.87. The first kappa shape index (κ1) is 16.5. The standard InChI is InChI=1S/C14H17NO6/c1-8-4-5-9(6-11(8)20-2)13(17)15-10(14(18)19)7-12(16)21-3/h4-6,10H,7H2,1-3H3,(H,15,17)(H,18,19)/t10-/m0/s1. The van der Waals surface area contributed by atoms with Crippen molar-refractivity contribution in [3.8, 4) is 5.75 Å². The van der Waals surface area contributed by atoms with Gasteiger partial charge in [0.15, 0.2) is 0 Å². The highest BCUT2D eigenvalue weighted by Crippen LogP contribution is 2.19. The van der Waals surface area contributed by atoms with Gasteiger partial charge in [0, 0.05) is 5.56 Å². The van der Waals surface area contributed by atoms with Gasteiger partial charge in [-0.2, -0.15) is 0 Å². The molecule has 0 aliphatic heterocycles. The van der Waals surface area contributed by atoms with E-state index in [0.717, 1.165) is 12.7 Å². The number of aliphatic carboxylic acids is 1. The number of benzene rings is 1. The lowest BCUT2D eigenvalue weighted by Crippen LogP contribution is -2.42. The number of carboxylic acids is 1. The third-order valence-corrected chi connectivity index (χ3v) is 2.87. The van der Waals surface area contributed by atoms with E-state index >= 15 is 0 Å². The van der Waals surface area contributed by atoms with Crippen molar-refractivity contribution in [3.63, 3.8) is 0 Å². The van der Waals surface area contributed by atoms with Crippen LogP contribution in [0.3, 0.4) is 0 Å². The number of rotatable bonds is 6. The number of nitrogens with one attached hydrogen (secondary N) is 1. The predicted octanol–water partition coefficient (Wildman–Crippen LogP) is 0.750. The van der Waals surface area contributed by atoms with Gasteiger partial charge in [-0.05, 0) is 24.6 Å². The van der Waals surface area contributed by atoms with Gasteiger partial charge in [0.05, 0.1) is 20.6 Å². The van der Waals surface area contributed by atoms with Gasteiger partial charge in [-0.1, -0.05) is 6.07 Å². The Kier molecular flexibility index (Phi) is 5.71. The first-order valence-corrected chi connectivity index (χ1v) is 6.14. The van der Waals surface area contributed by atoms with Crippen LogP contribution in [0.5, 0.6) is 5.75 Å². The van der Waals surface area contributed by atoms with Crippen LogP contribution in [-0.4, -0.2) is 43.2 Å². The number of amides is 1. The van der Waals surface area contributed by atoms with Gasteiger partial charge in [0.1, 0.15) is 11.8 Å². The minimum atomic E-state index is -1.35. The molecular formula is C14H17NO6. The average Bonchev–Trinajstić information content (AvgIpc) is 2.46. The predicted molar refractivity (Wildman–Crippen MR) is 73.3 cm³/mol. The number of esters is 1. The van der Waals surface area contributed by atoms with E-state index in [1.54, 1.807) is 12.1 Å². The fourth-order valence-electron chi connectivity index (χ4n) is 1.65. The number of methoxy groups -OCH3 is 2. The van der Waals surface area contributed by atoms with Crippen molar-refractivity contribution in [2.24, 2.45) is 0 Å². The summed E-state index contributed by atoms with van der Waals surface area (Å²) in [6.07, 6.45) is -0.444. The number of hydrogen-bond donors (Lipinski definition) is 2. The average molecular weight is 295 g/mol. The molecule has 21 heavy (non-hydrogen) atoms. The third-order valence-electron chi connectivity index (χ3n) is 2.87. The topological polar surface area (TPSA) is 102 Å². The molecule has 1 rings (SSSR count). The van der Waals surface area contributed by atoms with E-state index in [1.807, 2.05) is 6.92 Å². The number of ether oxygens (including phenoxy) is 2. The second kappa shape index (κ2) is 7.28. The van der Waals surface area contributed by atoms with E-state index in [-0.39, 0.29) is 5.56 Å². The van der Waals surface area contributed by atoms with Crippen LogP contribution in [0, 0.1) is 6.92 Å². The first-order chi connectivity index (χ1) is 9.88. The minimum Gasteiger partial charge on any atom is -0.496 e. The molecule has 0 heterocycles. The highest BCUT2D eigenvalue weighted by molar-refractivity contribution is 5.97. The summed E-state index contributed by atoms with van der Waals surface area (Å²) in [7, 11) is 2.62. The van der Waals surface area contributed by atoms with Crippen LogP contribution in [0.25, 0.3) is 0 Å². The Labute approximate surface area is 121 Å². The van der Waals surface area contributed by atoms with Crippen molar-refractivity contribution in [2.45, 2.75) is 19.4 Å². The van der Waals surface area contributed by atoms with Crippen LogP contribution in [0.1, 0.15) is 22.3 Å². The Bertz CT molecular complexity index is 554. The molecule has 1 atom stereocenters. The molecule has 0 radical (unpaired) electrons. The van der Waals surface area contributed by atoms with Gasteiger partial charge < -0.3 is 19.9 Å². The van der Waals surface area contributed by atoms with Crippen molar-refractivity contribution in [1.29, 1.82) is 0 Å². The van der Waals surface area contributed by atoms with Crippen molar-refractivity contribution < 1.29 is 29.0 Å². The normalized spacial score (nSPS) is 11.4. The molecule has 7 heteroatoms. The summed E-state index contributed by atoms with van der Waals surface area (Å²) in [6, 6.07) is 3.38. The van der Waals surface area contributed by atoms with Crippen molar-refractivity contribution in [3.05, 3.63) is 29.3 Å². The lowest BCUT2D eigenvalue weighted by molar-refractivity contribution is -0.147. The van der Waals surface area contributed by atoms with Crippen LogP contribution in [-0.2, 0) is 14.3 Å². The number of carbonyl (C=O) groups is 3. The first-order valence-electron chi connectivity index (χ1n) is 6.14. The van der Waals surface area contributed by atoms with Gasteiger partial charge in [-0.15, -0.1) is 0 Å². The van der Waals surface area contributed by atoms with Crippen LogP contribution in [0.4, 0.5) is 0 Å². The Morgan fingerprint density at radius 1 is 1.29 bits per heavy atom. The molecule has 0 unspecified atom stereocenters. The Morgan fingerprint density at radius 3 is 2.48 bits per heavy atom. The van der Waals surface area contributed by atoms with Gasteiger partial charge in [-0.3, -0.25) is 9.59 Å². The maximum atomic E-state index is 12.0. The molecule has 114 valence electrons. The highest BCUT2D eigenvalue weighted by atomic mass is 16.5. The molecule has 2 N–H and O–H groups in total. The summed E-state index contributed by atoms with van der Waals surface area (Å²) in [5.41, 5.74) is 1.09. The molecule has 0 aliphatic rings. The maximum Gasteiger partial charge on any atom is 0.326 e. The zero-order chi connectivity index (χ0) is 16.0. The van der Waals surface area contributed by atoms with Crippen LogP contribution in [0.2, 0.25) is 0 Å². The van der Waals surface area contributed by atoms with Gasteiger partial charge in [0.2, 0.25) is 0 Å². The fraction of sp³-hybridized carbons (Fsp3) is 0.357. The van der Waals surface area contributed by atoms with E-state index in [1.165, 1.54) is 13.2 Å². The number of aryl methyl sites for hydroxylation is 1. The molecule has 0 saturated carbocycles. The second-order valence-electron chi connectivity index (χ2n) is 4.33. The summed E-state index contributed by atoms with van der Waals surface area (Å²) in [5, 5.41) is 11.3. The fourth-order valence-corrected chi connectivity index (χ4v) is 1.65. The van der Waals surface area contributed by atoms with Crippen LogP contribution >= 0.6 is 0 Å². The van der Waals surface area contributed by atoms with Crippen LogP contribution < -0.4 is 10.1 Å². The lowest BCUT2D eigenvalue weighted by Gasteiger charge is -2.14. The van der Waals surface area contributed by atoms with E-state index in [9.17, 15) is 14.4 Å². The van der Waals surface area contributed by atoms with Crippen molar-refractivity contribution in [1.82, 2.24) is 5.32 Å². The summed E-state index contributed by atoms with van der Waals surface area (Å²) in [4.78, 5) is 34.2. The zero-order valence-electron chi connectivity index (χ0n) is 12.0. The zero-order valence-corrected chi connectivity index (χ0v) is 12.0. The summed E-state index contributed by atoms with van der Waals surface area (Å²) in [6.45, 7) is 1.82. The molecule has 0 spiro atoms. The van der Waals surface area contributed by atoms with Gasteiger partial charge in [-0.25, -0.2) is 4.79 Å². The summed E-state index contributed by atoms with van der Waals surface area (Å²) >= 11 is 0. The molecule has 0 saturated heterocycles. The Hall–Kier alpha value is -2.57. The maximum absolute atomic E-state index is 12.0. The molecular weight excluding hydrogens is 278 g/mol. The second-order valence-corrected chi connectivity index (χ2v) is 4.33.